The topological polar surface area (TPSA) is 0 Å². The molecule has 0 saturated heterocycles. The van der Waals surface area contributed by atoms with Gasteiger partial charge in [0.05, 0.1) is 0 Å². The highest BCUT2D eigenvalue weighted by atomic mass is 32.1. The summed E-state index contributed by atoms with van der Waals surface area (Å²) in [6, 6.07) is 23.5. The zero-order chi connectivity index (χ0) is 12.2. The van der Waals surface area contributed by atoms with Crippen LogP contribution in [-0.4, -0.2) is 0 Å². The van der Waals surface area contributed by atoms with Crippen molar-refractivity contribution in [3.8, 4) is 11.1 Å². The zero-order valence-corrected chi connectivity index (χ0v) is 10.9. The highest BCUT2D eigenvalue weighted by Crippen LogP contribution is 2.29. The van der Waals surface area contributed by atoms with Gasteiger partial charge in [-0.05, 0) is 28.1 Å². The molecule has 0 aliphatic carbocycles. The molecule has 0 bridgehead atoms. The molecule has 0 aliphatic heterocycles. The van der Waals surface area contributed by atoms with Gasteiger partial charge < -0.3 is 0 Å². The molecule has 1 aromatic heterocycles. The third kappa shape index (κ3) is 2.36. The molecule has 0 aliphatic rings. The van der Waals surface area contributed by atoms with Crippen molar-refractivity contribution in [1.82, 2.24) is 0 Å². The smallest absolute Gasteiger partial charge is 0.0167 e. The first kappa shape index (κ1) is 11.2. The van der Waals surface area contributed by atoms with Gasteiger partial charge in [0.15, 0.2) is 0 Å². The molecular formula is C17H14S. The number of thiophene rings is 1. The summed E-state index contributed by atoms with van der Waals surface area (Å²) in [5.41, 5.74) is 4.05. The van der Waals surface area contributed by atoms with Gasteiger partial charge >= 0.3 is 0 Å². The van der Waals surface area contributed by atoms with E-state index in [1.807, 2.05) is 11.3 Å². The van der Waals surface area contributed by atoms with E-state index in [4.69, 9.17) is 0 Å². The van der Waals surface area contributed by atoms with Crippen LogP contribution in [0.4, 0.5) is 0 Å². The maximum atomic E-state index is 2.22. The Hall–Kier alpha value is -1.86. The first-order valence-electron chi connectivity index (χ1n) is 6.09. The monoisotopic (exact) mass is 250 g/mol. The maximum absolute atomic E-state index is 2.22. The molecule has 18 heavy (non-hydrogen) atoms. The molecule has 0 N–H and O–H groups in total. The van der Waals surface area contributed by atoms with Crippen LogP contribution in [0.1, 0.15) is 10.4 Å². The minimum atomic E-state index is 1.02. The lowest BCUT2D eigenvalue weighted by atomic mass is 10.0. The van der Waals surface area contributed by atoms with Crippen molar-refractivity contribution in [2.45, 2.75) is 6.42 Å². The summed E-state index contributed by atoms with van der Waals surface area (Å²) in [6.45, 7) is 0. The Labute approximate surface area is 112 Å². The second-order valence-electron chi connectivity index (χ2n) is 4.29. The van der Waals surface area contributed by atoms with E-state index in [1.165, 1.54) is 21.6 Å². The SMILES string of the molecule is c1ccc(Cc2sccc2-c2ccccc2)cc1. The van der Waals surface area contributed by atoms with E-state index in [0.29, 0.717) is 0 Å². The highest BCUT2D eigenvalue weighted by Gasteiger charge is 2.06. The van der Waals surface area contributed by atoms with Gasteiger partial charge in [0.2, 0.25) is 0 Å². The molecule has 3 aromatic rings. The van der Waals surface area contributed by atoms with Crippen molar-refractivity contribution in [3.05, 3.63) is 82.6 Å². The summed E-state index contributed by atoms with van der Waals surface area (Å²) in [4.78, 5) is 1.44. The lowest BCUT2D eigenvalue weighted by Crippen LogP contribution is -1.86. The lowest BCUT2D eigenvalue weighted by Gasteiger charge is -2.04. The predicted molar refractivity (Wildman–Crippen MR) is 79.0 cm³/mol. The third-order valence-electron chi connectivity index (χ3n) is 3.04. The Morgan fingerprint density at radius 3 is 2.11 bits per heavy atom. The van der Waals surface area contributed by atoms with Crippen LogP contribution in [0, 0.1) is 0 Å². The average Bonchev–Trinajstić information content (AvgIpc) is 2.89. The Morgan fingerprint density at radius 1 is 0.722 bits per heavy atom. The molecule has 0 atom stereocenters. The van der Waals surface area contributed by atoms with Crippen LogP contribution in [0.5, 0.6) is 0 Å². The van der Waals surface area contributed by atoms with E-state index in [1.54, 1.807) is 0 Å². The fourth-order valence-corrected chi connectivity index (χ4v) is 3.06. The molecular weight excluding hydrogens is 236 g/mol. The Bertz CT molecular complexity index is 608. The number of hydrogen-bond donors (Lipinski definition) is 0. The Balaban J connectivity index is 1.93. The summed E-state index contributed by atoms with van der Waals surface area (Å²) >= 11 is 1.84. The summed E-state index contributed by atoms with van der Waals surface area (Å²) in [5.74, 6) is 0. The van der Waals surface area contributed by atoms with Crippen LogP contribution in [0.15, 0.2) is 72.1 Å². The molecule has 0 unspecified atom stereocenters. The second kappa shape index (κ2) is 5.19. The summed E-state index contributed by atoms with van der Waals surface area (Å²) in [6.07, 6.45) is 1.02. The summed E-state index contributed by atoms with van der Waals surface area (Å²) in [7, 11) is 0. The number of hydrogen-bond acceptors (Lipinski definition) is 1. The molecule has 2 aromatic carbocycles. The van der Waals surface area contributed by atoms with Crippen LogP contribution < -0.4 is 0 Å². The minimum Gasteiger partial charge on any atom is -0.148 e. The van der Waals surface area contributed by atoms with Crippen molar-refractivity contribution in [2.75, 3.05) is 0 Å². The van der Waals surface area contributed by atoms with Crippen molar-refractivity contribution in [3.63, 3.8) is 0 Å². The molecule has 1 heterocycles. The van der Waals surface area contributed by atoms with Crippen LogP contribution in [0.2, 0.25) is 0 Å². The standard InChI is InChI=1S/C17H14S/c1-3-7-14(8-4-1)13-17-16(11-12-18-17)15-9-5-2-6-10-15/h1-12H,13H2. The van der Waals surface area contributed by atoms with Gasteiger partial charge in [-0.25, -0.2) is 0 Å². The number of rotatable bonds is 3. The third-order valence-corrected chi connectivity index (χ3v) is 3.96. The Morgan fingerprint density at radius 2 is 1.39 bits per heavy atom. The molecule has 0 amide bonds. The predicted octanol–water partition coefficient (Wildman–Crippen LogP) is 5.01. The van der Waals surface area contributed by atoms with Crippen molar-refractivity contribution in [2.24, 2.45) is 0 Å². The molecule has 0 spiro atoms. The van der Waals surface area contributed by atoms with Gasteiger partial charge in [0, 0.05) is 11.3 Å². The van der Waals surface area contributed by atoms with Crippen LogP contribution in [0.3, 0.4) is 0 Å². The molecule has 0 radical (unpaired) electrons. The van der Waals surface area contributed by atoms with Crippen molar-refractivity contribution < 1.29 is 0 Å². The van der Waals surface area contributed by atoms with E-state index in [-0.39, 0.29) is 0 Å². The second-order valence-corrected chi connectivity index (χ2v) is 5.29. The lowest BCUT2D eigenvalue weighted by molar-refractivity contribution is 1.24. The quantitative estimate of drug-likeness (QED) is 0.613. The molecule has 0 saturated carbocycles. The first-order valence-corrected chi connectivity index (χ1v) is 6.97. The van der Waals surface area contributed by atoms with Crippen LogP contribution >= 0.6 is 11.3 Å². The number of benzene rings is 2. The van der Waals surface area contributed by atoms with Crippen molar-refractivity contribution >= 4 is 11.3 Å². The average molecular weight is 250 g/mol. The van der Waals surface area contributed by atoms with E-state index < -0.39 is 0 Å². The van der Waals surface area contributed by atoms with Gasteiger partial charge in [-0.15, -0.1) is 11.3 Å². The first-order chi connectivity index (χ1) is 8.93. The largest absolute Gasteiger partial charge is 0.148 e. The van der Waals surface area contributed by atoms with Gasteiger partial charge in [-0.3, -0.25) is 0 Å². The van der Waals surface area contributed by atoms with E-state index in [0.717, 1.165) is 6.42 Å². The summed E-state index contributed by atoms with van der Waals surface area (Å²) in [5, 5.41) is 2.18. The molecule has 88 valence electrons. The molecule has 1 heteroatoms. The normalized spacial score (nSPS) is 10.4. The fraction of sp³-hybridized carbons (Fsp3) is 0.0588. The van der Waals surface area contributed by atoms with E-state index in [2.05, 4.69) is 72.1 Å². The fourth-order valence-electron chi connectivity index (χ4n) is 2.13. The molecule has 0 fully saturated rings. The van der Waals surface area contributed by atoms with Gasteiger partial charge in [-0.1, -0.05) is 60.7 Å². The molecule has 3 rings (SSSR count). The van der Waals surface area contributed by atoms with E-state index in [9.17, 15) is 0 Å². The van der Waals surface area contributed by atoms with Gasteiger partial charge in [0.1, 0.15) is 0 Å². The Kier molecular flexibility index (Phi) is 3.24. The minimum absolute atomic E-state index is 1.02. The van der Waals surface area contributed by atoms with Crippen LogP contribution in [-0.2, 0) is 6.42 Å². The summed E-state index contributed by atoms with van der Waals surface area (Å²) < 4.78 is 0. The van der Waals surface area contributed by atoms with Gasteiger partial charge in [-0.2, -0.15) is 0 Å². The maximum Gasteiger partial charge on any atom is 0.0167 e. The van der Waals surface area contributed by atoms with Crippen LogP contribution in [0.25, 0.3) is 11.1 Å². The van der Waals surface area contributed by atoms with E-state index >= 15 is 0 Å². The molecule has 0 nitrogen and oxygen atoms in total. The zero-order valence-electron chi connectivity index (χ0n) is 10.0. The highest BCUT2D eigenvalue weighted by molar-refractivity contribution is 7.10. The van der Waals surface area contributed by atoms with Crippen molar-refractivity contribution in [1.29, 1.82) is 0 Å². The van der Waals surface area contributed by atoms with Gasteiger partial charge in [0.25, 0.3) is 0 Å².